The summed E-state index contributed by atoms with van der Waals surface area (Å²) in [5, 5.41) is 2.89. The van der Waals surface area contributed by atoms with E-state index in [0.29, 0.717) is 13.0 Å². The van der Waals surface area contributed by atoms with Crippen LogP contribution in [0.3, 0.4) is 0 Å². The lowest BCUT2D eigenvalue weighted by Gasteiger charge is -2.25. The Balaban J connectivity index is 1.35. The monoisotopic (exact) mass is 515 g/mol. The maximum absolute atomic E-state index is 13.1. The number of unbranched alkanes of at least 4 members (excludes halogenated alkanes) is 6. The second-order valence-corrected chi connectivity index (χ2v) is 10.9. The highest BCUT2D eigenvalue weighted by Gasteiger charge is 2.23. The lowest BCUT2D eigenvalue weighted by atomic mass is 10.1. The van der Waals surface area contributed by atoms with E-state index in [9.17, 15) is 4.79 Å². The summed E-state index contributed by atoms with van der Waals surface area (Å²) in [7, 11) is 0. The SMILES string of the molecule is CCCCCCCCCC(=O)N(CCc1csc2nc(-c3ccc(Cl)cc3)cn12)CC1CCCO1. The van der Waals surface area contributed by atoms with E-state index in [-0.39, 0.29) is 12.0 Å². The molecule has 1 fully saturated rings. The lowest BCUT2D eigenvalue weighted by molar-refractivity contribution is -0.132. The number of thiazole rings is 1. The lowest BCUT2D eigenvalue weighted by Crippen LogP contribution is -2.38. The van der Waals surface area contributed by atoms with Gasteiger partial charge in [-0.05, 0) is 31.4 Å². The van der Waals surface area contributed by atoms with E-state index >= 15 is 0 Å². The number of fused-ring (bicyclic) bond motifs is 1. The van der Waals surface area contributed by atoms with Crippen molar-refractivity contribution in [2.75, 3.05) is 19.7 Å². The van der Waals surface area contributed by atoms with E-state index in [2.05, 4.69) is 22.9 Å². The number of hydrogen-bond acceptors (Lipinski definition) is 4. The Bertz CT molecular complexity index is 1060. The molecule has 0 saturated carbocycles. The molecule has 1 aliphatic heterocycles. The maximum atomic E-state index is 13.1. The molecule has 1 aromatic carbocycles. The van der Waals surface area contributed by atoms with Gasteiger partial charge in [0.1, 0.15) is 0 Å². The molecule has 0 N–H and O–H groups in total. The van der Waals surface area contributed by atoms with Gasteiger partial charge < -0.3 is 9.64 Å². The van der Waals surface area contributed by atoms with Crippen LogP contribution in [-0.2, 0) is 16.0 Å². The molecule has 0 aliphatic carbocycles. The Morgan fingerprint density at radius 2 is 1.94 bits per heavy atom. The fourth-order valence-corrected chi connectivity index (χ4v) is 5.80. The molecule has 1 atom stereocenters. The highest BCUT2D eigenvalue weighted by atomic mass is 35.5. The number of amides is 1. The smallest absolute Gasteiger partial charge is 0.222 e. The van der Waals surface area contributed by atoms with E-state index in [1.165, 1.54) is 37.8 Å². The molecule has 1 unspecified atom stereocenters. The first-order valence-electron chi connectivity index (χ1n) is 13.2. The average molecular weight is 516 g/mol. The molecule has 0 radical (unpaired) electrons. The number of carbonyl (C=O) groups excluding carboxylic acids is 1. The van der Waals surface area contributed by atoms with Crippen molar-refractivity contribution in [2.45, 2.75) is 83.7 Å². The van der Waals surface area contributed by atoms with Crippen LogP contribution in [0.4, 0.5) is 0 Å². The molecular weight excluding hydrogens is 478 g/mol. The minimum absolute atomic E-state index is 0.181. The van der Waals surface area contributed by atoms with Crippen LogP contribution in [-0.4, -0.2) is 46.0 Å². The molecule has 1 saturated heterocycles. The van der Waals surface area contributed by atoms with E-state index in [4.69, 9.17) is 21.3 Å². The Labute approximate surface area is 218 Å². The molecule has 4 rings (SSSR count). The number of hydrogen-bond donors (Lipinski definition) is 0. The van der Waals surface area contributed by atoms with Crippen molar-refractivity contribution in [3.05, 3.63) is 46.6 Å². The summed E-state index contributed by atoms with van der Waals surface area (Å²) >= 11 is 7.69. The zero-order valence-electron chi connectivity index (χ0n) is 20.9. The molecule has 0 spiro atoms. The summed E-state index contributed by atoms with van der Waals surface area (Å²) in [5.74, 6) is 0.271. The first kappa shape index (κ1) is 26.2. The maximum Gasteiger partial charge on any atom is 0.222 e. The predicted molar refractivity (Wildman–Crippen MR) is 145 cm³/mol. The van der Waals surface area contributed by atoms with E-state index in [1.807, 2.05) is 29.2 Å². The summed E-state index contributed by atoms with van der Waals surface area (Å²) in [6, 6.07) is 7.79. The third kappa shape index (κ3) is 7.55. The van der Waals surface area contributed by atoms with Crippen LogP contribution in [0.2, 0.25) is 5.02 Å². The van der Waals surface area contributed by atoms with Gasteiger partial charge in [-0.3, -0.25) is 9.20 Å². The van der Waals surface area contributed by atoms with Crippen LogP contribution in [0.15, 0.2) is 35.8 Å². The first-order chi connectivity index (χ1) is 17.1. The highest BCUT2D eigenvalue weighted by Crippen LogP contribution is 2.25. The number of aromatic nitrogens is 2. The van der Waals surface area contributed by atoms with E-state index < -0.39 is 0 Å². The van der Waals surface area contributed by atoms with Crippen molar-refractivity contribution in [1.29, 1.82) is 0 Å². The number of halogens is 1. The molecule has 5 nitrogen and oxygen atoms in total. The Morgan fingerprint density at radius 1 is 1.17 bits per heavy atom. The van der Waals surface area contributed by atoms with Gasteiger partial charge in [0.05, 0.1) is 11.8 Å². The Hall–Kier alpha value is -1.89. The third-order valence-electron chi connectivity index (χ3n) is 6.86. The van der Waals surface area contributed by atoms with Gasteiger partial charge in [0.2, 0.25) is 5.91 Å². The zero-order chi connectivity index (χ0) is 24.5. The summed E-state index contributed by atoms with van der Waals surface area (Å²) in [6.45, 7) is 4.49. The van der Waals surface area contributed by atoms with Crippen molar-refractivity contribution in [3.8, 4) is 11.3 Å². The summed E-state index contributed by atoms with van der Waals surface area (Å²) in [6.07, 6.45) is 14.5. The standard InChI is InChI=1S/C28H38ClN3O2S/c1-2-3-4-5-6-7-8-11-27(33)31(19-25-10-9-18-34-25)17-16-24-21-35-28-30-26(20-32(24)28)22-12-14-23(29)15-13-22/h12-15,20-21,25H,2-11,16-19H2,1H3. The second-order valence-electron chi connectivity index (χ2n) is 9.61. The molecule has 0 bridgehead atoms. The number of carbonyl (C=O) groups is 1. The van der Waals surface area contributed by atoms with Gasteiger partial charge in [-0.1, -0.05) is 69.2 Å². The molecule has 35 heavy (non-hydrogen) atoms. The summed E-state index contributed by atoms with van der Waals surface area (Å²) in [5.41, 5.74) is 3.20. The fourth-order valence-electron chi connectivity index (χ4n) is 4.76. The molecule has 7 heteroatoms. The van der Waals surface area contributed by atoms with Crippen LogP contribution in [0.1, 0.15) is 76.8 Å². The second kappa shape index (κ2) is 13.4. The number of ether oxygens (including phenoxy) is 1. The number of nitrogens with zero attached hydrogens (tertiary/aromatic N) is 3. The molecule has 1 aliphatic rings. The normalized spacial score (nSPS) is 15.8. The molecular formula is C28H38ClN3O2S. The first-order valence-corrected chi connectivity index (χ1v) is 14.5. The van der Waals surface area contributed by atoms with Crippen LogP contribution in [0, 0.1) is 0 Å². The van der Waals surface area contributed by atoms with Gasteiger partial charge in [0.15, 0.2) is 4.96 Å². The van der Waals surface area contributed by atoms with Crippen LogP contribution < -0.4 is 0 Å². The summed E-state index contributed by atoms with van der Waals surface area (Å²) in [4.78, 5) is 21.0. The van der Waals surface area contributed by atoms with Crippen molar-refractivity contribution in [1.82, 2.24) is 14.3 Å². The molecule has 3 heterocycles. The quantitative estimate of drug-likeness (QED) is 0.210. The zero-order valence-corrected chi connectivity index (χ0v) is 22.5. The third-order valence-corrected chi connectivity index (χ3v) is 8.00. The van der Waals surface area contributed by atoms with Crippen LogP contribution >= 0.6 is 22.9 Å². The fraction of sp³-hybridized carbons (Fsp3) is 0.571. The van der Waals surface area contributed by atoms with Crippen LogP contribution in [0.25, 0.3) is 16.2 Å². The van der Waals surface area contributed by atoms with Gasteiger partial charge in [0, 0.05) is 60.4 Å². The number of imidazole rings is 1. The van der Waals surface area contributed by atoms with Crippen molar-refractivity contribution >= 4 is 33.8 Å². The van der Waals surface area contributed by atoms with E-state index in [0.717, 1.165) is 66.5 Å². The molecule has 1 amide bonds. The van der Waals surface area contributed by atoms with Crippen molar-refractivity contribution in [3.63, 3.8) is 0 Å². The minimum atomic E-state index is 0.181. The Kier molecular flexibility index (Phi) is 10.0. The summed E-state index contributed by atoms with van der Waals surface area (Å²) < 4.78 is 8.03. The molecule has 3 aromatic rings. The Morgan fingerprint density at radius 3 is 2.69 bits per heavy atom. The van der Waals surface area contributed by atoms with E-state index in [1.54, 1.807) is 11.3 Å². The van der Waals surface area contributed by atoms with Gasteiger partial charge in [-0.2, -0.15) is 0 Å². The van der Waals surface area contributed by atoms with Gasteiger partial charge in [-0.15, -0.1) is 11.3 Å². The molecule has 190 valence electrons. The van der Waals surface area contributed by atoms with Crippen molar-refractivity contribution in [2.24, 2.45) is 0 Å². The largest absolute Gasteiger partial charge is 0.376 e. The highest BCUT2D eigenvalue weighted by molar-refractivity contribution is 7.15. The molecule has 2 aromatic heterocycles. The van der Waals surface area contributed by atoms with Gasteiger partial charge in [0.25, 0.3) is 0 Å². The topological polar surface area (TPSA) is 46.8 Å². The number of rotatable bonds is 14. The van der Waals surface area contributed by atoms with Crippen LogP contribution in [0.5, 0.6) is 0 Å². The number of benzene rings is 1. The predicted octanol–water partition coefficient (Wildman–Crippen LogP) is 7.41. The minimum Gasteiger partial charge on any atom is -0.376 e. The van der Waals surface area contributed by atoms with Gasteiger partial charge >= 0.3 is 0 Å². The average Bonchev–Trinajstić information content (AvgIpc) is 3.60. The van der Waals surface area contributed by atoms with Crippen molar-refractivity contribution < 1.29 is 9.53 Å². The van der Waals surface area contributed by atoms with Gasteiger partial charge in [-0.25, -0.2) is 4.98 Å².